The molecular weight excluding hydrogens is 348 g/mol. The zero-order valence-electron chi connectivity index (χ0n) is 13.3. The van der Waals surface area contributed by atoms with Gasteiger partial charge in [-0.1, -0.05) is 11.2 Å². The first-order valence-electron chi connectivity index (χ1n) is 8.06. The fourth-order valence-electron chi connectivity index (χ4n) is 3.34. The Morgan fingerprint density at radius 2 is 2.17 bits per heavy atom. The Bertz CT molecular complexity index is 669. The molecule has 0 saturated carbocycles. The predicted octanol–water partition coefficient (Wildman–Crippen LogP) is 1.94. The Labute approximate surface area is 151 Å². The lowest BCUT2D eigenvalue weighted by molar-refractivity contribution is 0.0763. The molecule has 0 radical (unpaired) electrons. The Balaban J connectivity index is 0.00000169. The molecule has 1 amide bonds. The van der Waals surface area contributed by atoms with E-state index in [-0.39, 0.29) is 18.3 Å². The van der Waals surface area contributed by atoms with Gasteiger partial charge in [0.15, 0.2) is 11.5 Å². The second-order valence-electron chi connectivity index (χ2n) is 6.03. The van der Waals surface area contributed by atoms with E-state index in [9.17, 15) is 4.79 Å². The predicted molar refractivity (Wildman–Crippen MR) is 95.8 cm³/mol. The summed E-state index contributed by atoms with van der Waals surface area (Å²) in [5.41, 5.74) is 0.411. The van der Waals surface area contributed by atoms with Crippen molar-refractivity contribution in [2.45, 2.75) is 12.5 Å². The highest BCUT2D eigenvalue weighted by Gasteiger charge is 2.32. The van der Waals surface area contributed by atoms with E-state index in [0.717, 1.165) is 50.6 Å². The summed E-state index contributed by atoms with van der Waals surface area (Å²) in [4.78, 5) is 18.0. The number of rotatable bonds is 3. The lowest BCUT2D eigenvalue weighted by Gasteiger charge is -2.32. The van der Waals surface area contributed by atoms with Crippen LogP contribution >= 0.6 is 23.7 Å². The summed E-state index contributed by atoms with van der Waals surface area (Å²) in [6, 6.07) is 6.16. The van der Waals surface area contributed by atoms with E-state index in [1.54, 1.807) is 17.4 Å². The number of hydrogen-bond donors (Lipinski definition) is 1. The van der Waals surface area contributed by atoms with Gasteiger partial charge in [-0.2, -0.15) is 0 Å². The van der Waals surface area contributed by atoms with E-state index in [1.807, 2.05) is 22.4 Å². The van der Waals surface area contributed by atoms with E-state index in [1.165, 1.54) is 0 Å². The molecule has 2 saturated heterocycles. The van der Waals surface area contributed by atoms with Gasteiger partial charge in [0, 0.05) is 51.4 Å². The molecule has 8 heteroatoms. The van der Waals surface area contributed by atoms with Crippen LogP contribution in [0.1, 0.15) is 16.9 Å². The first-order valence-corrected chi connectivity index (χ1v) is 8.94. The summed E-state index contributed by atoms with van der Waals surface area (Å²) >= 11 is 1.58. The van der Waals surface area contributed by atoms with Gasteiger partial charge in [-0.05, 0) is 17.9 Å². The van der Waals surface area contributed by atoms with Crippen LogP contribution in [0.25, 0.3) is 10.6 Å². The highest BCUT2D eigenvalue weighted by molar-refractivity contribution is 7.13. The van der Waals surface area contributed by atoms with Crippen LogP contribution in [0.5, 0.6) is 0 Å². The van der Waals surface area contributed by atoms with Gasteiger partial charge in [0.1, 0.15) is 0 Å². The third kappa shape index (κ3) is 3.49. The van der Waals surface area contributed by atoms with Crippen molar-refractivity contribution in [2.75, 3.05) is 39.3 Å². The van der Waals surface area contributed by atoms with Crippen LogP contribution < -0.4 is 5.32 Å². The lowest BCUT2D eigenvalue weighted by atomic mass is 10.2. The number of thiophene rings is 1. The number of nitrogens with zero attached hydrogens (tertiary/aromatic N) is 3. The molecule has 0 aliphatic carbocycles. The third-order valence-electron chi connectivity index (χ3n) is 4.61. The van der Waals surface area contributed by atoms with Gasteiger partial charge < -0.3 is 14.7 Å². The second kappa shape index (κ2) is 7.65. The molecule has 4 rings (SSSR count). The number of carbonyl (C=O) groups excluding carboxylic acids is 1. The van der Waals surface area contributed by atoms with Crippen molar-refractivity contribution in [2.24, 2.45) is 0 Å². The lowest BCUT2D eigenvalue weighted by Crippen LogP contribution is -2.49. The number of piperazine rings is 1. The van der Waals surface area contributed by atoms with E-state index in [4.69, 9.17) is 4.52 Å². The average molecular weight is 369 g/mol. The fraction of sp³-hybridized carbons (Fsp3) is 0.500. The van der Waals surface area contributed by atoms with Crippen LogP contribution in [0.2, 0.25) is 0 Å². The summed E-state index contributed by atoms with van der Waals surface area (Å²) < 4.78 is 5.33. The molecule has 24 heavy (non-hydrogen) atoms. The molecule has 0 aromatic carbocycles. The maximum absolute atomic E-state index is 12.6. The third-order valence-corrected chi connectivity index (χ3v) is 5.50. The summed E-state index contributed by atoms with van der Waals surface area (Å²) in [5.74, 6) is 0.649. The van der Waals surface area contributed by atoms with Gasteiger partial charge >= 0.3 is 0 Å². The Morgan fingerprint density at radius 3 is 2.92 bits per heavy atom. The standard InChI is InChI=1S/C16H20N4O2S.ClH/c21-16(13-10-14(22-18-13)15-2-1-9-23-15)20-6-3-12(11-20)19-7-4-17-5-8-19;/h1-2,9-10,12,17H,3-8,11H2;1H. The van der Waals surface area contributed by atoms with Gasteiger partial charge in [-0.25, -0.2) is 0 Å². The van der Waals surface area contributed by atoms with E-state index in [0.29, 0.717) is 17.5 Å². The largest absolute Gasteiger partial charge is 0.355 e. The van der Waals surface area contributed by atoms with Crippen molar-refractivity contribution < 1.29 is 9.32 Å². The molecule has 0 spiro atoms. The van der Waals surface area contributed by atoms with Gasteiger partial charge in [-0.3, -0.25) is 9.69 Å². The first-order chi connectivity index (χ1) is 11.3. The Kier molecular flexibility index (Phi) is 5.55. The molecule has 2 fully saturated rings. The minimum absolute atomic E-state index is 0. The van der Waals surface area contributed by atoms with Crippen LogP contribution in [0.3, 0.4) is 0 Å². The Hall–Kier alpha value is -1.41. The minimum atomic E-state index is -0.0193. The average Bonchev–Trinajstić information content (AvgIpc) is 3.35. The highest BCUT2D eigenvalue weighted by Crippen LogP contribution is 2.26. The normalized spacial score (nSPS) is 21.7. The zero-order valence-corrected chi connectivity index (χ0v) is 14.9. The van der Waals surface area contributed by atoms with Crippen LogP contribution in [-0.4, -0.2) is 66.2 Å². The van der Waals surface area contributed by atoms with Gasteiger partial charge in [0.25, 0.3) is 5.91 Å². The van der Waals surface area contributed by atoms with Crippen LogP contribution in [-0.2, 0) is 0 Å². The zero-order chi connectivity index (χ0) is 15.6. The number of carbonyl (C=O) groups is 1. The van der Waals surface area contributed by atoms with Crippen molar-refractivity contribution in [1.82, 2.24) is 20.3 Å². The van der Waals surface area contributed by atoms with E-state index < -0.39 is 0 Å². The van der Waals surface area contributed by atoms with Crippen molar-refractivity contribution in [1.29, 1.82) is 0 Å². The fourth-order valence-corrected chi connectivity index (χ4v) is 4.02. The number of nitrogens with one attached hydrogen (secondary N) is 1. The molecule has 2 aromatic heterocycles. The number of aromatic nitrogens is 1. The second-order valence-corrected chi connectivity index (χ2v) is 6.98. The molecule has 2 aliphatic rings. The maximum Gasteiger partial charge on any atom is 0.276 e. The van der Waals surface area contributed by atoms with Crippen molar-refractivity contribution in [3.8, 4) is 10.6 Å². The maximum atomic E-state index is 12.6. The van der Waals surface area contributed by atoms with Crippen molar-refractivity contribution in [3.63, 3.8) is 0 Å². The molecule has 130 valence electrons. The van der Waals surface area contributed by atoms with Crippen LogP contribution in [0.15, 0.2) is 28.1 Å². The summed E-state index contributed by atoms with van der Waals surface area (Å²) in [6.45, 7) is 5.81. The van der Waals surface area contributed by atoms with Crippen molar-refractivity contribution >= 4 is 29.7 Å². The van der Waals surface area contributed by atoms with Gasteiger partial charge in [-0.15, -0.1) is 23.7 Å². The summed E-state index contributed by atoms with van der Waals surface area (Å²) in [5, 5.41) is 9.33. The number of halogens is 1. The molecule has 0 bridgehead atoms. The summed E-state index contributed by atoms with van der Waals surface area (Å²) in [7, 11) is 0. The molecule has 4 heterocycles. The van der Waals surface area contributed by atoms with Gasteiger partial charge in [0.05, 0.1) is 4.88 Å². The van der Waals surface area contributed by atoms with Crippen LogP contribution in [0, 0.1) is 0 Å². The minimum Gasteiger partial charge on any atom is -0.355 e. The van der Waals surface area contributed by atoms with E-state index >= 15 is 0 Å². The molecule has 1 N–H and O–H groups in total. The number of likely N-dealkylation sites (tertiary alicyclic amines) is 1. The molecular formula is C16H21ClN4O2S. The molecule has 1 atom stereocenters. The molecule has 2 aromatic rings. The SMILES string of the molecule is Cl.O=C(c1cc(-c2cccs2)on1)N1CCC(N2CCNCC2)C1. The quantitative estimate of drug-likeness (QED) is 0.897. The first kappa shape index (κ1) is 17.4. The van der Waals surface area contributed by atoms with Crippen LogP contribution in [0.4, 0.5) is 0 Å². The smallest absolute Gasteiger partial charge is 0.276 e. The molecule has 2 aliphatic heterocycles. The number of hydrogen-bond acceptors (Lipinski definition) is 6. The van der Waals surface area contributed by atoms with Gasteiger partial charge in [0.2, 0.25) is 0 Å². The molecule has 6 nitrogen and oxygen atoms in total. The van der Waals surface area contributed by atoms with Crippen molar-refractivity contribution in [3.05, 3.63) is 29.3 Å². The molecule has 1 unspecified atom stereocenters. The highest BCUT2D eigenvalue weighted by atomic mass is 35.5. The summed E-state index contributed by atoms with van der Waals surface area (Å²) in [6.07, 6.45) is 1.04. The monoisotopic (exact) mass is 368 g/mol. The Morgan fingerprint density at radius 1 is 1.33 bits per heavy atom. The number of amides is 1. The topological polar surface area (TPSA) is 61.6 Å². The van der Waals surface area contributed by atoms with E-state index in [2.05, 4.69) is 15.4 Å².